The zero-order valence-electron chi connectivity index (χ0n) is 7.87. The van der Waals surface area contributed by atoms with E-state index < -0.39 is 0 Å². The highest BCUT2D eigenvalue weighted by Gasteiger charge is 2.32. The molecule has 1 aliphatic heterocycles. The van der Waals surface area contributed by atoms with Gasteiger partial charge in [0.25, 0.3) is 0 Å². The summed E-state index contributed by atoms with van der Waals surface area (Å²) in [6, 6.07) is 8.93. The van der Waals surface area contributed by atoms with Crippen LogP contribution in [0.15, 0.2) is 24.3 Å². The molecule has 2 unspecified atom stereocenters. The van der Waals surface area contributed by atoms with Crippen molar-refractivity contribution in [1.29, 1.82) is 0 Å². The van der Waals surface area contributed by atoms with Crippen LogP contribution in [0.5, 0.6) is 0 Å². The number of carbonyl (C=O) groups is 1. The Bertz CT molecular complexity index is 328. The van der Waals surface area contributed by atoms with E-state index in [0.29, 0.717) is 12.1 Å². The first kappa shape index (κ1) is 8.45. The average Bonchev–Trinajstić information content (AvgIpc) is 2.83. The van der Waals surface area contributed by atoms with Crippen LogP contribution in [0.4, 0.5) is 0 Å². The van der Waals surface area contributed by atoms with Crippen LogP contribution in [0.3, 0.4) is 0 Å². The third-order valence-corrected chi connectivity index (χ3v) is 2.51. The molecule has 1 heterocycles. The van der Waals surface area contributed by atoms with Crippen molar-refractivity contribution in [2.45, 2.75) is 25.9 Å². The van der Waals surface area contributed by atoms with E-state index >= 15 is 0 Å². The standard InChI is InChI=1S/C11H13NO/c1-7-11(12-7)10-5-3-9(4-6-10)8(2)13/h3-7,11-12H,1-2H3. The van der Waals surface area contributed by atoms with Crippen LogP contribution in [0.2, 0.25) is 0 Å². The number of hydrogen-bond acceptors (Lipinski definition) is 2. The van der Waals surface area contributed by atoms with E-state index in [0.717, 1.165) is 5.56 Å². The normalized spacial score (nSPS) is 25.7. The Morgan fingerprint density at radius 3 is 2.23 bits per heavy atom. The maximum atomic E-state index is 11.0. The van der Waals surface area contributed by atoms with Crippen molar-refractivity contribution in [2.24, 2.45) is 0 Å². The molecule has 0 amide bonds. The van der Waals surface area contributed by atoms with Gasteiger partial charge in [0.05, 0.1) is 0 Å². The van der Waals surface area contributed by atoms with Gasteiger partial charge in [-0.05, 0) is 19.4 Å². The molecule has 2 atom stereocenters. The molecule has 1 saturated heterocycles. The van der Waals surface area contributed by atoms with E-state index in [2.05, 4.69) is 12.2 Å². The van der Waals surface area contributed by atoms with Crippen molar-refractivity contribution < 1.29 is 4.79 Å². The topological polar surface area (TPSA) is 39.0 Å². The summed E-state index contributed by atoms with van der Waals surface area (Å²) in [6.07, 6.45) is 0. The van der Waals surface area contributed by atoms with E-state index in [9.17, 15) is 4.79 Å². The summed E-state index contributed by atoms with van der Waals surface area (Å²) in [5.74, 6) is 0.128. The lowest BCUT2D eigenvalue weighted by Gasteiger charge is -1.98. The van der Waals surface area contributed by atoms with Gasteiger partial charge in [0.2, 0.25) is 0 Å². The summed E-state index contributed by atoms with van der Waals surface area (Å²) in [7, 11) is 0. The van der Waals surface area contributed by atoms with Crippen molar-refractivity contribution in [2.75, 3.05) is 0 Å². The predicted octanol–water partition coefficient (Wildman–Crippen LogP) is 1.92. The lowest BCUT2D eigenvalue weighted by atomic mass is 10.1. The highest BCUT2D eigenvalue weighted by molar-refractivity contribution is 5.94. The molecule has 0 radical (unpaired) electrons. The molecule has 1 fully saturated rings. The van der Waals surface area contributed by atoms with Crippen LogP contribution in [-0.4, -0.2) is 11.8 Å². The smallest absolute Gasteiger partial charge is 0.159 e. The first-order valence-electron chi connectivity index (χ1n) is 4.55. The molecule has 13 heavy (non-hydrogen) atoms. The van der Waals surface area contributed by atoms with E-state index in [1.54, 1.807) is 6.92 Å². The van der Waals surface area contributed by atoms with Gasteiger partial charge in [0, 0.05) is 17.6 Å². The summed E-state index contributed by atoms with van der Waals surface area (Å²) in [5.41, 5.74) is 2.06. The molecule has 0 bridgehead atoms. The zero-order chi connectivity index (χ0) is 9.42. The fourth-order valence-electron chi connectivity index (χ4n) is 1.54. The highest BCUT2D eigenvalue weighted by atomic mass is 16.1. The number of rotatable bonds is 2. The Kier molecular flexibility index (Phi) is 1.93. The number of benzene rings is 1. The lowest BCUT2D eigenvalue weighted by molar-refractivity contribution is 0.101. The fraction of sp³-hybridized carbons (Fsp3) is 0.364. The van der Waals surface area contributed by atoms with E-state index in [1.165, 1.54) is 5.56 Å². The third-order valence-electron chi connectivity index (χ3n) is 2.51. The Hall–Kier alpha value is -1.15. The molecule has 0 aliphatic carbocycles. The first-order valence-corrected chi connectivity index (χ1v) is 4.55. The number of nitrogens with one attached hydrogen (secondary N) is 1. The number of carbonyl (C=O) groups excluding carboxylic acids is 1. The molecular weight excluding hydrogens is 162 g/mol. The number of hydrogen-bond donors (Lipinski definition) is 1. The molecule has 2 heteroatoms. The average molecular weight is 175 g/mol. The first-order chi connectivity index (χ1) is 6.18. The second-order valence-electron chi connectivity index (χ2n) is 3.61. The van der Waals surface area contributed by atoms with Gasteiger partial charge in [-0.1, -0.05) is 24.3 Å². The Morgan fingerprint density at radius 2 is 1.85 bits per heavy atom. The van der Waals surface area contributed by atoms with Crippen LogP contribution < -0.4 is 5.32 Å². The second kappa shape index (κ2) is 2.96. The van der Waals surface area contributed by atoms with Crippen molar-refractivity contribution in [3.8, 4) is 0 Å². The quantitative estimate of drug-likeness (QED) is 0.551. The molecule has 68 valence electrons. The van der Waals surface area contributed by atoms with E-state index in [-0.39, 0.29) is 5.78 Å². The fourth-order valence-corrected chi connectivity index (χ4v) is 1.54. The minimum absolute atomic E-state index is 0.128. The SMILES string of the molecule is CC(=O)c1ccc(C2NC2C)cc1. The van der Waals surface area contributed by atoms with Gasteiger partial charge in [-0.3, -0.25) is 4.79 Å². The summed E-state index contributed by atoms with van der Waals surface area (Å²) < 4.78 is 0. The number of ketones is 1. The maximum Gasteiger partial charge on any atom is 0.159 e. The van der Waals surface area contributed by atoms with E-state index in [4.69, 9.17) is 0 Å². The van der Waals surface area contributed by atoms with Crippen LogP contribution in [-0.2, 0) is 0 Å². The molecule has 1 aromatic rings. The van der Waals surface area contributed by atoms with Gasteiger partial charge in [-0.15, -0.1) is 0 Å². The molecule has 1 aliphatic rings. The second-order valence-corrected chi connectivity index (χ2v) is 3.61. The summed E-state index contributed by atoms with van der Waals surface area (Å²) in [5, 5.41) is 3.31. The molecule has 0 spiro atoms. The largest absolute Gasteiger partial charge is 0.304 e. The van der Waals surface area contributed by atoms with Crippen LogP contribution in [0.1, 0.15) is 35.8 Å². The van der Waals surface area contributed by atoms with Gasteiger partial charge in [-0.25, -0.2) is 0 Å². The molecular formula is C11H13NO. The summed E-state index contributed by atoms with van der Waals surface area (Å²) >= 11 is 0. The Morgan fingerprint density at radius 1 is 1.31 bits per heavy atom. The van der Waals surface area contributed by atoms with Crippen molar-refractivity contribution in [1.82, 2.24) is 5.32 Å². The Labute approximate surface area is 78.0 Å². The molecule has 1 N–H and O–H groups in total. The van der Waals surface area contributed by atoms with Gasteiger partial charge in [-0.2, -0.15) is 0 Å². The molecule has 2 nitrogen and oxygen atoms in total. The van der Waals surface area contributed by atoms with Crippen LogP contribution in [0.25, 0.3) is 0 Å². The van der Waals surface area contributed by atoms with Crippen molar-refractivity contribution >= 4 is 5.78 Å². The lowest BCUT2D eigenvalue weighted by Crippen LogP contribution is -1.92. The molecule has 1 aromatic carbocycles. The summed E-state index contributed by atoms with van der Waals surface area (Å²) in [6.45, 7) is 3.75. The van der Waals surface area contributed by atoms with Gasteiger partial charge in [0.1, 0.15) is 0 Å². The molecule has 0 saturated carbocycles. The van der Waals surface area contributed by atoms with Crippen LogP contribution in [0, 0.1) is 0 Å². The predicted molar refractivity (Wildman–Crippen MR) is 51.8 cm³/mol. The van der Waals surface area contributed by atoms with Crippen LogP contribution >= 0.6 is 0 Å². The third kappa shape index (κ3) is 1.63. The minimum atomic E-state index is 0.128. The summed E-state index contributed by atoms with van der Waals surface area (Å²) in [4.78, 5) is 11.0. The monoisotopic (exact) mass is 175 g/mol. The minimum Gasteiger partial charge on any atom is -0.304 e. The zero-order valence-corrected chi connectivity index (χ0v) is 7.87. The van der Waals surface area contributed by atoms with Gasteiger partial charge < -0.3 is 5.32 Å². The van der Waals surface area contributed by atoms with Gasteiger partial charge in [0.15, 0.2) is 5.78 Å². The highest BCUT2D eigenvalue weighted by Crippen LogP contribution is 2.28. The number of Topliss-reactive ketones (excluding diaryl/α,β-unsaturated/α-hetero) is 1. The molecule has 0 aromatic heterocycles. The van der Waals surface area contributed by atoms with Gasteiger partial charge >= 0.3 is 0 Å². The Balaban J connectivity index is 2.19. The molecule has 2 rings (SSSR count). The van der Waals surface area contributed by atoms with E-state index in [1.807, 2.05) is 24.3 Å². The maximum absolute atomic E-state index is 11.0. The van der Waals surface area contributed by atoms with Crippen molar-refractivity contribution in [3.63, 3.8) is 0 Å². The van der Waals surface area contributed by atoms with Crippen molar-refractivity contribution in [3.05, 3.63) is 35.4 Å².